The quantitative estimate of drug-likeness (QED) is 0.792. The van der Waals surface area contributed by atoms with Crippen molar-refractivity contribution >= 4 is 40.2 Å². The van der Waals surface area contributed by atoms with E-state index in [1.807, 2.05) is 24.3 Å². The van der Waals surface area contributed by atoms with E-state index in [2.05, 4.69) is 27.9 Å². The Bertz CT molecular complexity index is 440. The molecule has 5 heteroatoms. The van der Waals surface area contributed by atoms with E-state index in [0.717, 1.165) is 9.26 Å². The molecule has 0 spiro atoms. The van der Waals surface area contributed by atoms with Crippen LogP contribution in [-0.2, 0) is 9.59 Å². The zero-order chi connectivity index (χ0) is 13.8. The van der Waals surface area contributed by atoms with Gasteiger partial charge in [-0.3, -0.25) is 9.59 Å². The SMILES string of the molecule is CC(C)(CC(=O)O)CC(=O)Nc1ccc(I)cc1. The minimum Gasteiger partial charge on any atom is -0.481 e. The van der Waals surface area contributed by atoms with E-state index in [1.165, 1.54) is 0 Å². The van der Waals surface area contributed by atoms with Crippen molar-refractivity contribution in [3.05, 3.63) is 27.8 Å². The van der Waals surface area contributed by atoms with Gasteiger partial charge in [0.05, 0.1) is 6.42 Å². The van der Waals surface area contributed by atoms with Crippen LogP contribution in [0, 0.1) is 8.99 Å². The standard InChI is InChI=1S/C13H16INO3/c1-13(2,8-12(17)18)7-11(16)15-10-5-3-9(14)4-6-10/h3-6H,7-8H2,1-2H3,(H,15,16)(H,17,18). The maximum atomic E-state index is 11.8. The highest BCUT2D eigenvalue weighted by Gasteiger charge is 2.25. The molecule has 0 heterocycles. The summed E-state index contributed by atoms with van der Waals surface area (Å²) in [5.41, 5.74) is 0.186. The highest BCUT2D eigenvalue weighted by Crippen LogP contribution is 2.25. The molecule has 1 rings (SSSR count). The summed E-state index contributed by atoms with van der Waals surface area (Å²) in [6.45, 7) is 3.54. The molecule has 0 aliphatic heterocycles. The molecule has 18 heavy (non-hydrogen) atoms. The molecule has 0 fully saturated rings. The highest BCUT2D eigenvalue weighted by atomic mass is 127. The molecule has 0 atom stereocenters. The number of aliphatic carboxylic acids is 1. The Balaban J connectivity index is 2.56. The fourth-order valence-electron chi connectivity index (χ4n) is 1.64. The molecule has 0 saturated heterocycles. The Morgan fingerprint density at radius 1 is 1.22 bits per heavy atom. The molecule has 1 aromatic carbocycles. The predicted molar refractivity (Wildman–Crippen MR) is 78.4 cm³/mol. The van der Waals surface area contributed by atoms with Crippen molar-refractivity contribution in [3.63, 3.8) is 0 Å². The molecule has 1 aromatic rings. The number of amides is 1. The topological polar surface area (TPSA) is 66.4 Å². The van der Waals surface area contributed by atoms with Crippen molar-refractivity contribution in [1.82, 2.24) is 0 Å². The second-order valence-electron chi connectivity index (χ2n) is 4.97. The van der Waals surface area contributed by atoms with Crippen molar-refractivity contribution in [2.24, 2.45) is 5.41 Å². The van der Waals surface area contributed by atoms with E-state index in [1.54, 1.807) is 13.8 Å². The Morgan fingerprint density at radius 2 is 1.78 bits per heavy atom. The molecule has 98 valence electrons. The number of carboxylic acid groups (broad SMARTS) is 1. The molecule has 0 aromatic heterocycles. The minimum atomic E-state index is -0.887. The number of carboxylic acids is 1. The lowest BCUT2D eigenvalue weighted by atomic mass is 9.85. The smallest absolute Gasteiger partial charge is 0.303 e. The van der Waals surface area contributed by atoms with E-state index in [0.29, 0.717) is 0 Å². The van der Waals surface area contributed by atoms with Gasteiger partial charge in [-0.1, -0.05) is 13.8 Å². The van der Waals surface area contributed by atoms with Crippen LogP contribution in [-0.4, -0.2) is 17.0 Å². The van der Waals surface area contributed by atoms with Crippen LogP contribution < -0.4 is 5.32 Å². The highest BCUT2D eigenvalue weighted by molar-refractivity contribution is 14.1. The summed E-state index contributed by atoms with van der Waals surface area (Å²) >= 11 is 2.19. The van der Waals surface area contributed by atoms with Gasteiger partial charge >= 0.3 is 5.97 Å². The monoisotopic (exact) mass is 361 g/mol. The normalized spacial score (nSPS) is 11.1. The third-order valence-electron chi connectivity index (χ3n) is 2.40. The van der Waals surface area contributed by atoms with E-state index in [-0.39, 0.29) is 18.7 Å². The number of hydrogen-bond donors (Lipinski definition) is 2. The Labute approximate surface area is 120 Å². The number of rotatable bonds is 5. The number of carbonyl (C=O) groups excluding carboxylic acids is 1. The Hall–Kier alpha value is -1.11. The van der Waals surface area contributed by atoms with Crippen LogP contribution in [0.15, 0.2) is 24.3 Å². The zero-order valence-electron chi connectivity index (χ0n) is 10.4. The number of benzene rings is 1. The first-order chi connectivity index (χ1) is 8.28. The molecular weight excluding hydrogens is 345 g/mol. The number of halogens is 1. The molecular formula is C13H16INO3. The van der Waals surface area contributed by atoms with Gasteiger partial charge in [0.1, 0.15) is 0 Å². The van der Waals surface area contributed by atoms with Gasteiger partial charge < -0.3 is 10.4 Å². The molecule has 1 amide bonds. The van der Waals surface area contributed by atoms with Crippen LogP contribution in [0.5, 0.6) is 0 Å². The molecule has 0 aliphatic rings. The summed E-state index contributed by atoms with van der Waals surface area (Å²) in [4.78, 5) is 22.4. The van der Waals surface area contributed by atoms with Crippen molar-refractivity contribution < 1.29 is 14.7 Å². The zero-order valence-corrected chi connectivity index (χ0v) is 12.5. The fourth-order valence-corrected chi connectivity index (χ4v) is 2.00. The van der Waals surface area contributed by atoms with Crippen molar-refractivity contribution in [1.29, 1.82) is 0 Å². The van der Waals surface area contributed by atoms with Crippen LogP contribution in [0.1, 0.15) is 26.7 Å². The van der Waals surface area contributed by atoms with Gasteiger partial charge in [-0.25, -0.2) is 0 Å². The van der Waals surface area contributed by atoms with Crippen molar-refractivity contribution in [3.8, 4) is 0 Å². The summed E-state index contributed by atoms with van der Waals surface area (Å²) < 4.78 is 1.09. The number of anilines is 1. The summed E-state index contributed by atoms with van der Waals surface area (Å²) in [6.07, 6.45) is 0.165. The van der Waals surface area contributed by atoms with Gasteiger partial charge in [0.2, 0.25) is 5.91 Å². The van der Waals surface area contributed by atoms with Crippen molar-refractivity contribution in [2.75, 3.05) is 5.32 Å². The van der Waals surface area contributed by atoms with E-state index >= 15 is 0 Å². The van der Waals surface area contributed by atoms with Crippen LogP contribution in [0.4, 0.5) is 5.69 Å². The first kappa shape index (κ1) is 14.9. The van der Waals surface area contributed by atoms with Crippen molar-refractivity contribution in [2.45, 2.75) is 26.7 Å². The first-order valence-electron chi connectivity index (χ1n) is 5.56. The minimum absolute atomic E-state index is 0.0207. The van der Waals surface area contributed by atoms with Crippen LogP contribution in [0.3, 0.4) is 0 Å². The predicted octanol–water partition coefficient (Wildman–Crippen LogP) is 3.12. The molecule has 4 nitrogen and oxygen atoms in total. The van der Waals surface area contributed by atoms with Gasteiger partial charge in [0.15, 0.2) is 0 Å². The molecule has 0 aliphatic carbocycles. The maximum absolute atomic E-state index is 11.8. The second kappa shape index (κ2) is 6.17. The number of hydrogen-bond acceptors (Lipinski definition) is 2. The maximum Gasteiger partial charge on any atom is 0.303 e. The fraction of sp³-hybridized carbons (Fsp3) is 0.385. The molecule has 0 radical (unpaired) electrons. The molecule has 0 unspecified atom stereocenters. The number of carbonyl (C=O) groups is 2. The largest absolute Gasteiger partial charge is 0.481 e. The van der Waals surface area contributed by atoms with Gasteiger partial charge in [-0.2, -0.15) is 0 Å². The van der Waals surface area contributed by atoms with Crippen LogP contribution in [0.2, 0.25) is 0 Å². The Morgan fingerprint density at radius 3 is 2.28 bits per heavy atom. The average molecular weight is 361 g/mol. The molecule has 2 N–H and O–H groups in total. The van der Waals surface area contributed by atoms with Crippen LogP contribution >= 0.6 is 22.6 Å². The lowest BCUT2D eigenvalue weighted by Crippen LogP contribution is -2.24. The van der Waals surface area contributed by atoms with Gasteiger partial charge in [0, 0.05) is 15.7 Å². The lowest BCUT2D eigenvalue weighted by molar-refractivity contribution is -0.139. The first-order valence-corrected chi connectivity index (χ1v) is 6.64. The average Bonchev–Trinajstić information content (AvgIpc) is 2.18. The Kier molecular flexibility index (Phi) is 5.13. The lowest BCUT2D eigenvalue weighted by Gasteiger charge is -2.21. The summed E-state index contributed by atoms with van der Waals surface area (Å²) in [6, 6.07) is 7.45. The van der Waals surface area contributed by atoms with Crippen LogP contribution in [0.25, 0.3) is 0 Å². The summed E-state index contributed by atoms with van der Waals surface area (Å²) in [5.74, 6) is -1.05. The van der Waals surface area contributed by atoms with E-state index in [9.17, 15) is 9.59 Å². The molecule has 0 saturated carbocycles. The third-order valence-corrected chi connectivity index (χ3v) is 3.12. The van der Waals surface area contributed by atoms with E-state index < -0.39 is 11.4 Å². The molecule has 0 bridgehead atoms. The van der Waals surface area contributed by atoms with Gasteiger partial charge in [-0.05, 0) is 52.3 Å². The van der Waals surface area contributed by atoms with E-state index in [4.69, 9.17) is 5.11 Å². The van der Waals surface area contributed by atoms with Gasteiger partial charge in [-0.15, -0.1) is 0 Å². The summed E-state index contributed by atoms with van der Waals surface area (Å²) in [5, 5.41) is 11.5. The number of nitrogens with one attached hydrogen (secondary N) is 1. The summed E-state index contributed by atoms with van der Waals surface area (Å²) in [7, 11) is 0. The van der Waals surface area contributed by atoms with Gasteiger partial charge in [0.25, 0.3) is 0 Å². The second-order valence-corrected chi connectivity index (χ2v) is 6.21. The third kappa shape index (κ3) is 5.48.